The minimum atomic E-state index is -0.513. The third-order valence-electron chi connectivity index (χ3n) is 2.57. The van der Waals surface area contributed by atoms with Gasteiger partial charge in [0.2, 0.25) is 0 Å². The maximum atomic E-state index is 13.5. The van der Waals surface area contributed by atoms with Crippen LogP contribution < -0.4 is 5.32 Å². The highest BCUT2D eigenvalue weighted by atomic mass is 35.5. The predicted octanol–water partition coefficient (Wildman–Crippen LogP) is 4.04. The smallest absolute Gasteiger partial charge is 0.256 e. The highest BCUT2D eigenvalue weighted by Gasteiger charge is 2.11. The number of amides is 1. The van der Waals surface area contributed by atoms with Gasteiger partial charge in [0.15, 0.2) is 0 Å². The van der Waals surface area contributed by atoms with E-state index >= 15 is 0 Å². The first-order chi connectivity index (χ1) is 8.58. The zero-order valence-electron chi connectivity index (χ0n) is 9.71. The molecule has 0 aromatic heterocycles. The Kier molecular flexibility index (Phi) is 3.63. The zero-order chi connectivity index (χ0) is 13.1. The molecular formula is C14H11ClFNO. The van der Waals surface area contributed by atoms with Crippen molar-refractivity contribution in [1.29, 1.82) is 0 Å². The second kappa shape index (κ2) is 5.19. The van der Waals surface area contributed by atoms with Crippen molar-refractivity contribution >= 4 is 23.2 Å². The van der Waals surface area contributed by atoms with E-state index in [1.54, 1.807) is 12.1 Å². The van der Waals surface area contributed by atoms with E-state index in [0.717, 1.165) is 5.56 Å². The van der Waals surface area contributed by atoms with Gasteiger partial charge in [-0.25, -0.2) is 4.39 Å². The second-order valence-electron chi connectivity index (χ2n) is 3.89. The molecule has 2 aromatic carbocycles. The van der Waals surface area contributed by atoms with Crippen molar-refractivity contribution in [2.45, 2.75) is 6.92 Å². The van der Waals surface area contributed by atoms with Crippen molar-refractivity contribution in [2.24, 2.45) is 0 Å². The number of halogens is 2. The normalized spacial score (nSPS) is 10.2. The Labute approximate surface area is 109 Å². The molecule has 2 nitrogen and oxygen atoms in total. The summed E-state index contributed by atoms with van der Waals surface area (Å²) >= 11 is 5.76. The summed E-state index contributed by atoms with van der Waals surface area (Å²) in [5.74, 6) is -0.865. The van der Waals surface area contributed by atoms with Gasteiger partial charge in [-0.15, -0.1) is 0 Å². The van der Waals surface area contributed by atoms with E-state index in [1.165, 1.54) is 18.2 Å². The molecule has 0 heterocycles. The summed E-state index contributed by atoms with van der Waals surface area (Å²) < 4.78 is 13.5. The Balaban J connectivity index is 2.27. The van der Waals surface area contributed by atoms with Crippen LogP contribution in [0.15, 0.2) is 42.5 Å². The Morgan fingerprint density at radius 2 is 1.94 bits per heavy atom. The van der Waals surface area contributed by atoms with Gasteiger partial charge in [0.1, 0.15) is 5.82 Å². The number of rotatable bonds is 2. The zero-order valence-corrected chi connectivity index (χ0v) is 10.5. The molecule has 1 N–H and O–H groups in total. The van der Waals surface area contributed by atoms with Gasteiger partial charge in [0.05, 0.1) is 5.69 Å². The topological polar surface area (TPSA) is 29.1 Å². The largest absolute Gasteiger partial charge is 0.319 e. The lowest BCUT2D eigenvalue weighted by Crippen LogP contribution is -2.14. The molecule has 2 rings (SSSR count). The average molecular weight is 264 g/mol. The summed E-state index contributed by atoms with van der Waals surface area (Å²) in [6.45, 7) is 1.82. The van der Waals surface area contributed by atoms with Crippen LogP contribution in [0.2, 0.25) is 5.02 Å². The average Bonchev–Trinajstić information content (AvgIpc) is 2.34. The molecule has 1 amide bonds. The van der Waals surface area contributed by atoms with Crippen LogP contribution in [0, 0.1) is 12.7 Å². The van der Waals surface area contributed by atoms with E-state index in [1.807, 2.05) is 19.1 Å². The van der Waals surface area contributed by atoms with Crippen LogP contribution >= 0.6 is 11.6 Å². The van der Waals surface area contributed by atoms with E-state index in [0.29, 0.717) is 10.6 Å². The van der Waals surface area contributed by atoms with Crippen LogP contribution in [0.3, 0.4) is 0 Å². The first kappa shape index (κ1) is 12.6. The highest BCUT2D eigenvalue weighted by molar-refractivity contribution is 6.31. The van der Waals surface area contributed by atoms with E-state index in [2.05, 4.69) is 5.32 Å². The molecule has 0 atom stereocenters. The molecule has 0 unspecified atom stereocenters. The molecule has 0 bridgehead atoms. The fraction of sp³-hybridized carbons (Fsp3) is 0.0714. The van der Waals surface area contributed by atoms with Crippen molar-refractivity contribution in [3.8, 4) is 0 Å². The second-order valence-corrected chi connectivity index (χ2v) is 4.33. The fourth-order valence-electron chi connectivity index (χ4n) is 1.61. The standard InChI is InChI=1S/C14H11ClFNO/c1-9-4-2-3-5-11(9)14(18)17-13-8-10(15)6-7-12(13)16/h2-8H,1H3,(H,17,18). The SMILES string of the molecule is Cc1ccccc1C(=O)Nc1cc(Cl)ccc1F. The maximum Gasteiger partial charge on any atom is 0.256 e. The lowest BCUT2D eigenvalue weighted by atomic mass is 10.1. The molecule has 0 fully saturated rings. The quantitative estimate of drug-likeness (QED) is 0.870. The number of nitrogens with one attached hydrogen (secondary N) is 1. The van der Waals surface area contributed by atoms with Crippen molar-refractivity contribution in [3.63, 3.8) is 0 Å². The number of carbonyl (C=O) groups excluding carboxylic acids is 1. The van der Waals surface area contributed by atoms with Gasteiger partial charge in [-0.1, -0.05) is 29.8 Å². The van der Waals surface area contributed by atoms with Crippen LogP contribution in [-0.4, -0.2) is 5.91 Å². The summed E-state index contributed by atoms with van der Waals surface area (Å²) in [7, 11) is 0. The van der Waals surface area contributed by atoms with Gasteiger partial charge in [-0.2, -0.15) is 0 Å². The van der Waals surface area contributed by atoms with Crippen LogP contribution in [0.25, 0.3) is 0 Å². The molecule has 0 aliphatic carbocycles. The van der Waals surface area contributed by atoms with E-state index in [-0.39, 0.29) is 11.6 Å². The Hall–Kier alpha value is -1.87. The number of aryl methyl sites for hydroxylation is 1. The molecule has 2 aromatic rings. The number of anilines is 1. The van der Waals surface area contributed by atoms with Crippen LogP contribution in [0.4, 0.5) is 10.1 Å². The Morgan fingerprint density at radius 3 is 2.67 bits per heavy atom. The van der Waals surface area contributed by atoms with Crippen LogP contribution in [0.1, 0.15) is 15.9 Å². The summed E-state index contributed by atoms with van der Waals surface area (Å²) in [5, 5.41) is 2.88. The van der Waals surface area contributed by atoms with Crippen molar-refractivity contribution in [2.75, 3.05) is 5.32 Å². The van der Waals surface area contributed by atoms with Crippen molar-refractivity contribution in [1.82, 2.24) is 0 Å². The summed E-state index contributed by atoms with van der Waals surface area (Å²) in [6, 6.07) is 11.1. The molecule has 0 saturated carbocycles. The number of benzene rings is 2. The van der Waals surface area contributed by atoms with Crippen molar-refractivity contribution in [3.05, 3.63) is 64.4 Å². The van der Waals surface area contributed by atoms with Gasteiger partial charge in [0, 0.05) is 10.6 Å². The van der Waals surface area contributed by atoms with Gasteiger partial charge in [-0.05, 0) is 36.8 Å². The molecule has 0 aliphatic heterocycles. The molecule has 92 valence electrons. The lowest BCUT2D eigenvalue weighted by molar-refractivity contribution is 0.102. The third kappa shape index (κ3) is 2.68. The lowest BCUT2D eigenvalue weighted by Gasteiger charge is -2.08. The number of hydrogen-bond donors (Lipinski definition) is 1. The third-order valence-corrected chi connectivity index (χ3v) is 2.80. The van der Waals surface area contributed by atoms with Crippen LogP contribution in [-0.2, 0) is 0 Å². The van der Waals surface area contributed by atoms with Crippen molar-refractivity contribution < 1.29 is 9.18 Å². The summed E-state index contributed by atoms with van der Waals surface area (Å²) in [6.07, 6.45) is 0. The predicted molar refractivity (Wildman–Crippen MR) is 70.5 cm³/mol. The Morgan fingerprint density at radius 1 is 1.22 bits per heavy atom. The first-order valence-electron chi connectivity index (χ1n) is 5.40. The molecule has 4 heteroatoms. The molecule has 0 aliphatic rings. The monoisotopic (exact) mass is 263 g/mol. The molecule has 0 radical (unpaired) electrons. The van der Waals surface area contributed by atoms with Gasteiger partial charge in [-0.3, -0.25) is 4.79 Å². The minimum absolute atomic E-state index is 0.0794. The molecular weight excluding hydrogens is 253 g/mol. The Bertz CT molecular complexity index is 598. The molecule has 18 heavy (non-hydrogen) atoms. The van der Waals surface area contributed by atoms with Gasteiger partial charge in [0.25, 0.3) is 5.91 Å². The van der Waals surface area contributed by atoms with Crippen LogP contribution in [0.5, 0.6) is 0 Å². The van der Waals surface area contributed by atoms with Gasteiger partial charge >= 0.3 is 0 Å². The molecule has 0 spiro atoms. The maximum absolute atomic E-state index is 13.5. The minimum Gasteiger partial charge on any atom is -0.319 e. The van der Waals surface area contributed by atoms with E-state index in [4.69, 9.17) is 11.6 Å². The van der Waals surface area contributed by atoms with Gasteiger partial charge < -0.3 is 5.32 Å². The molecule has 0 saturated heterocycles. The summed E-state index contributed by atoms with van der Waals surface area (Å²) in [5.41, 5.74) is 1.42. The van der Waals surface area contributed by atoms with E-state index < -0.39 is 5.82 Å². The number of carbonyl (C=O) groups is 1. The highest BCUT2D eigenvalue weighted by Crippen LogP contribution is 2.20. The first-order valence-corrected chi connectivity index (χ1v) is 5.78. The number of hydrogen-bond acceptors (Lipinski definition) is 1. The van der Waals surface area contributed by atoms with E-state index in [9.17, 15) is 9.18 Å². The fourth-order valence-corrected chi connectivity index (χ4v) is 1.78. The summed E-state index contributed by atoms with van der Waals surface area (Å²) in [4.78, 5) is 12.0.